The van der Waals surface area contributed by atoms with E-state index in [-0.39, 0.29) is 10.8 Å². The molecule has 2 aromatic rings. The minimum atomic E-state index is 0.160. The van der Waals surface area contributed by atoms with Crippen LogP contribution in [0, 0.1) is 17.4 Å². The molecule has 1 aliphatic rings. The Bertz CT molecular complexity index is 772. The highest BCUT2D eigenvalue weighted by molar-refractivity contribution is 7.14. The van der Waals surface area contributed by atoms with Crippen LogP contribution in [-0.2, 0) is 6.54 Å². The van der Waals surface area contributed by atoms with Crippen molar-refractivity contribution in [3.05, 3.63) is 57.0 Å². The average molecular weight is 387 g/mol. The van der Waals surface area contributed by atoms with E-state index in [0.717, 1.165) is 36.8 Å². The van der Waals surface area contributed by atoms with Gasteiger partial charge >= 0.3 is 0 Å². The third-order valence-corrected chi connectivity index (χ3v) is 7.14. The molecule has 4 heteroatoms. The highest BCUT2D eigenvalue weighted by atomic mass is 35.5. The highest BCUT2D eigenvalue weighted by Gasteiger charge is 2.46. The molecule has 26 heavy (non-hydrogen) atoms. The second-order valence-corrected chi connectivity index (χ2v) is 10.0. The molecule has 0 saturated carbocycles. The van der Waals surface area contributed by atoms with Crippen molar-refractivity contribution >= 4 is 22.9 Å². The van der Waals surface area contributed by atoms with E-state index in [2.05, 4.69) is 60.2 Å². The second-order valence-electron chi connectivity index (χ2n) is 8.46. The fourth-order valence-electron chi connectivity index (χ4n) is 3.96. The van der Waals surface area contributed by atoms with Gasteiger partial charge in [0.1, 0.15) is 0 Å². The third kappa shape index (κ3) is 4.14. The maximum absolute atomic E-state index is 7.37. The van der Waals surface area contributed by atoms with E-state index in [1.807, 2.05) is 6.07 Å². The fourth-order valence-corrected chi connectivity index (χ4v) is 4.85. The van der Waals surface area contributed by atoms with Crippen molar-refractivity contribution in [3.63, 3.8) is 0 Å². The smallest absolute Gasteiger partial charge is 0.220 e. The number of benzene rings is 1. The van der Waals surface area contributed by atoms with E-state index in [1.165, 1.54) is 16.7 Å². The summed E-state index contributed by atoms with van der Waals surface area (Å²) in [7, 11) is 0. The highest BCUT2D eigenvalue weighted by Crippen LogP contribution is 2.47. The van der Waals surface area contributed by atoms with Gasteiger partial charge in [-0.1, -0.05) is 56.6 Å². The number of rotatable bonds is 4. The first kappa shape index (κ1) is 19.4. The molecular formula is C22H27ClN2S. The number of nitrogens with zero attached hydrogens (tertiary/aromatic N) is 2. The van der Waals surface area contributed by atoms with Gasteiger partial charge in [0.25, 0.3) is 0 Å². The SMILES string of the molecule is [C-]#[N+]CC1(C(C)(C)C)CCN(Cc2ccc(-c3csc(Cl)c3)cc2)CC1. The normalized spacial score (nSPS) is 17.8. The predicted molar refractivity (Wildman–Crippen MR) is 113 cm³/mol. The van der Waals surface area contributed by atoms with Crippen LogP contribution in [0.15, 0.2) is 35.7 Å². The lowest BCUT2D eigenvalue weighted by Gasteiger charge is -2.46. The predicted octanol–water partition coefficient (Wildman–Crippen LogP) is 6.62. The molecule has 1 saturated heterocycles. The Labute approximate surface area is 166 Å². The molecule has 0 aliphatic carbocycles. The number of hydrogen-bond donors (Lipinski definition) is 0. The molecule has 0 N–H and O–H groups in total. The Morgan fingerprint density at radius 1 is 1.15 bits per heavy atom. The van der Waals surface area contributed by atoms with Crippen molar-refractivity contribution in [3.8, 4) is 11.1 Å². The van der Waals surface area contributed by atoms with Crippen LogP contribution in [0.5, 0.6) is 0 Å². The summed E-state index contributed by atoms with van der Waals surface area (Å²) >= 11 is 7.61. The monoisotopic (exact) mass is 386 g/mol. The topological polar surface area (TPSA) is 7.60 Å². The molecule has 0 spiro atoms. The Hall–Kier alpha value is -1.34. The van der Waals surface area contributed by atoms with Crippen molar-refractivity contribution in [1.82, 2.24) is 4.90 Å². The molecule has 0 atom stereocenters. The maximum Gasteiger partial charge on any atom is 0.220 e. The first-order chi connectivity index (χ1) is 12.3. The van der Waals surface area contributed by atoms with Gasteiger partial charge in [0.2, 0.25) is 6.54 Å². The number of hydrogen-bond acceptors (Lipinski definition) is 2. The van der Waals surface area contributed by atoms with E-state index in [0.29, 0.717) is 6.54 Å². The molecule has 2 heterocycles. The summed E-state index contributed by atoms with van der Waals surface area (Å²) in [6.45, 7) is 18.1. The zero-order valence-corrected chi connectivity index (χ0v) is 17.5. The molecule has 0 unspecified atom stereocenters. The first-order valence-electron chi connectivity index (χ1n) is 9.22. The van der Waals surface area contributed by atoms with Crippen LogP contribution in [0.3, 0.4) is 0 Å². The Morgan fingerprint density at radius 2 is 1.81 bits per heavy atom. The largest absolute Gasteiger partial charge is 0.316 e. The summed E-state index contributed by atoms with van der Waals surface area (Å²) in [6, 6.07) is 10.9. The summed E-state index contributed by atoms with van der Waals surface area (Å²) < 4.78 is 0.833. The van der Waals surface area contributed by atoms with E-state index >= 15 is 0 Å². The van der Waals surface area contributed by atoms with Gasteiger partial charge in [0, 0.05) is 17.3 Å². The van der Waals surface area contributed by atoms with Gasteiger partial charge in [-0.05, 0) is 54.1 Å². The van der Waals surface area contributed by atoms with Crippen LogP contribution >= 0.6 is 22.9 Å². The van der Waals surface area contributed by atoms with Crippen molar-refractivity contribution in [2.24, 2.45) is 10.8 Å². The molecule has 3 rings (SSSR count). The molecule has 138 valence electrons. The zero-order valence-electron chi connectivity index (χ0n) is 15.9. The molecule has 0 amide bonds. The lowest BCUT2D eigenvalue weighted by Crippen LogP contribution is -2.47. The van der Waals surface area contributed by atoms with Crippen molar-refractivity contribution in [2.45, 2.75) is 40.2 Å². The molecule has 1 aromatic carbocycles. The summed E-state index contributed by atoms with van der Waals surface area (Å²) in [5.41, 5.74) is 4.11. The van der Waals surface area contributed by atoms with Crippen LogP contribution in [0.2, 0.25) is 4.34 Å². The average Bonchev–Trinajstić information content (AvgIpc) is 3.03. The standard InChI is InChI=1S/C22H27ClN2S/c1-21(2,3)22(16-24-4)9-11-25(12-10-22)14-17-5-7-18(8-6-17)19-13-20(23)26-15-19/h5-8,13,15H,9-12,14,16H2,1-3H3. The Balaban J connectivity index is 1.62. The number of halogens is 1. The van der Waals surface area contributed by atoms with E-state index in [9.17, 15) is 0 Å². The van der Waals surface area contributed by atoms with Gasteiger partial charge in [0.05, 0.1) is 4.34 Å². The summed E-state index contributed by atoms with van der Waals surface area (Å²) in [5, 5.41) is 2.10. The van der Waals surface area contributed by atoms with Crippen LogP contribution in [0.4, 0.5) is 0 Å². The molecule has 1 fully saturated rings. The molecule has 0 radical (unpaired) electrons. The number of likely N-dealkylation sites (tertiary alicyclic amines) is 1. The van der Waals surface area contributed by atoms with Crippen molar-refractivity contribution in [2.75, 3.05) is 19.6 Å². The fraction of sp³-hybridized carbons (Fsp3) is 0.500. The van der Waals surface area contributed by atoms with Gasteiger partial charge in [-0.25, -0.2) is 6.57 Å². The Kier molecular flexibility index (Phi) is 5.77. The van der Waals surface area contributed by atoms with Gasteiger partial charge in [-0.15, -0.1) is 11.3 Å². The number of piperidine rings is 1. The molecule has 0 bridgehead atoms. The number of thiophene rings is 1. The van der Waals surface area contributed by atoms with Crippen LogP contribution < -0.4 is 0 Å². The summed E-state index contributed by atoms with van der Waals surface area (Å²) in [5.74, 6) is 0. The zero-order chi connectivity index (χ0) is 18.8. The Morgan fingerprint density at radius 3 is 2.31 bits per heavy atom. The van der Waals surface area contributed by atoms with Crippen LogP contribution in [-0.4, -0.2) is 24.5 Å². The van der Waals surface area contributed by atoms with E-state index in [4.69, 9.17) is 18.2 Å². The lowest BCUT2D eigenvalue weighted by molar-refractivity contribution is 0.0173. The van der Waals surface area contributed by atoms with Crippen molar-refractivity contribution < 1.29 is 0 Å². The third-order valence-electron chi connectivity index (χ3n) is 6.05. The van der Waals surface area contributed by atoms with Crippen LogP contribution in [0.1, 0.15) is 39.2 Å². The second kappa shape index (κ2) is 7.72. The van der Waals surface area contributed by atoms with Gasteiger partial charge < -0.3 is 4.85 Å². The van der Waals surface area contributed by atoms with Crippen molar-refractivity contribution in [1.29, 1.82) is 0 Å². The summed E-state index contributed by atoms with van der Waals surface area (Å²) in [6.07, 6.45) is 2.23. The van der Waals surface area contributed by atoms with E-state index in [1.54, 1.807) is 11.3 Å². The lowest BCUT2D eigenvalue weighted by atomic mass is 9.61. The first-order valence-corrected chi connectivity index (χ1v) is 10.5. The maximum atomic E-state index is 7.37. The van der Waals surface area contributed by atoms with Crippen LogP contribution in [0.25, 0.3) is 16.0 Å². The van der Waals surface area contributed by atoms with E-state index < -0.39 is 0 Å². The molecule has 2 nitrogen and oxygen atoms in total. The molecular weight excluding hydrogens is 360 g/mol. The van der Waals surface area contributed by atoms with Gasteiger partial charge in [-0.3, -0.25) is 4.90 Å². The molecule has 1 aromatic heterocycles. The quantitative estimate of drug-likeness (QED) is 0.536. The van der Waals surface area contributed by atoms with Gasteiger partial charge in [-0.2, -0.15) is 0 Å². The minimum absolute atomic E-state index is 0.160. The molecule has 1 aliphatic heterocycles. The summed E-state index contributed by atoms with van der Waals surface area (Å²) in [4.78, 5) is 6.30. The minimum Gasteiger partial charge on any atom is -0.316 e. The van der Waals surface area contributed by atoms with Gasteiger partial charge in [0.15, 0.2) is 0 Å².